The van der Waals surface area contributed by atoms with Gasteiger partial charge < -0.3 is 4.74 Å². The van der Waals surface area contributed by atoms with Crippen molar-refractivity contribution in [1.82, 2.24) is 4.90 Å². The van der Waals surface area contributed by atoms with Gasteiger partial charge in [0.15, 0.2) is 0 Å². The number of likely N-dealkylation sites (tertiary alicyclic amines) is 1. The third-order valence-electron chi connectivity index (χ3n) is 10.1. The van der Waals surface area contributed by atoms with Gasteiger partial charge in [-0.25, -0.2) is 0 Å². The summed E-state index contributed by atoms with van der Waals surface area (Å²) >= 11 is 0. The van der Waals surface area contributed by atoms with Crippen molar-refractivity contribution in [2.24, 2.45) is 5.92 Å². The van der Waals surface area contributed by atoms with Gasteiger partial charge in [-0.1, -0.05) is 128 Å². The monoisotopic (exact) mass is 527 g/mol. The van der Waals surface area contributed by atoms with Crippen LogP contribution < -0.4 is 0 Å². The summed E-state index contributed by atoms with van der Waals surface area (Å²) in [6.07, 6.45) is 7.71. The first-order valence-corrected chi connectivity index (χ1v) is 15.4. The van der Waals surface area contributed by atoms with Gasteiger partial charge in [0.25, 0.3) is 0 Å². The van der Waals surface area contributed by atoms with Crippen LogP contribution in [0.3, 0.4) is 0 Å². The van der Waals surface area contributed by atoms with E-state index in [0.29, 0.717) is 17.8 Å². The fourth-order valence-corrected chi connectivity index (χ4v) is 8.41. The Hall–Kier alpha value is -3.20. The molecule has 2 nitrogen and oxygen atoms in total. The molecule has 1 saturated heterocycles. The Kier molecular flexibility index (Phi) is 7.31. The summed E-state index contributed by atoms with van der Waals surface area (Å²) in [4.78, 5) is 2.90. The van der Waals surface area contributed by atoms with Crippen molar-refractivity contribution in [1.29, 1.82) is 0 Å². The lowest BCUT2D eigenvalue weighted by Crippen LogP contribution is -2.64. The number of hydrogen-bond donors (Lipinski definition) is 0. The van der Waals surface area contributed by atoms with Crippen LogP contribution >= 0.6 is 0 Å². The average molecular weight is 528 g/mol. The molecular formula is C38H41NO. The Bertz CT molecular complexity index is 1260. The molecule has 2 bridgehead atoms. The lowest BCUT2D eigenvalue weighted by atomic mass is 9.51. The van der Waals surface area contributed by atoms with Crippen LogP contribution in [0.25, 0.3) is 0 Å². The number of piperidine rings is 1. The molecule has 4 aliphatic rings. The smallest absolute Gasteiger partial charge is 0.108 e. The van der Waals surface area contributed by atoms with E-state index in [4.69, 9.17) is 4.74 Å². The van der Waals surface area contributed by atoms with Crippen molar-refractivity contribution >= 4 is 0 Å². The second kappa shape index (κ2) is 11.4. The predicted molar refractivity (Wildman–Crippen MR) is 163 cm³/mol. The Morgan fingerprint density at radius 3 is 1.48 bits per heavy atom. The molecule has 0 N–H and O–H groups in total. The van der Waals surface area contributed by atoms with Gasteiger partial charge in [-0.3, -0.25) is 4.90 Å². The molecule has 1 aliphatic heterocycles. The number of ether oxygens (including phenoxy) is 1. The van der Waals surface area contributed by atoms with Crippen molar-refractivity contribution < 1.29 is 4.74 Å². The first-order chi connectivity index (χ1) is 19.8. The number of rotatable bonds is 7. The first-order valence-electron chi connectivity index (χ1n) is 15.4. The summed E-state index contributed by atoms with van der Waals surface area (Å²) in [5.74, 6) is 1.40. The molecule has 0 aromatic heterocycles. The van der Waals surface area contributed by atoms with E-state index in [0.717, 1.165) is 6.42 Å². The molecule has 0 radical (unpaired) electrons. The summed E-state index contributed by atoms with van der Waals surface area (Å²) in [6.45, 7) is 2.45. The van der Waals surface area contributed by atoms with E-state index >= 15 is 0 Å². The summed E-state index contributed by atoms with van der Waals surface area (Å²) < 4.78 is 7.49. The Morgan fingerprint density at radius 1 is 0.550 bits per heavy atom. The van der Waals surface area contributed by atoms with E-state index in [1.807, 2.05) is 0 Å². The zero-order chi connectivity index (χ0) is 26.8. The molecule has 2 heteroatoms. The molecule has 4 aromatic carbocycles. The molecule has 0 amide bonds. The van der Waals surface area contributed by atoms with Crippen LogP contribution in [0.1, 0.15) is 78.7 Å². The van der Waals surface area contributed by atoms with E-state index < -0.39 is 0 Å². The molecule has 204 valence electrons. The van der Waals surface area contributed by atoms with Crippen molar-refractivity contribution in [3.63, 3.8) is 0 Å². The summed E-state index contributed by atoms with van der Waals surface area (Å²) in [5, 5.41) is 0. The van der Waals surface area contributed by atoms with Gasteiger partial charge in [-0.2, -0.15) is 0 Å². The standard InChI is InChI=1S/C38H41NO/c1-6-16-29(17-7-1)33-26-38(39-24-14-5-15-25-39)27-34(30-18-8-2-9-19-30)36(33)35(28-38)40-37(31-20-10-3-11-21-31)32-22-12-4-13-23-32/h1-4,6-13,16-23,33-37H,5,14-15,24-28H2/t33-,34-,35+,36?,38?/m0/s1. The van der Waals surface area contributed by atoms with Crippen LogP contribution in [-0.4, -0.2) is 29.6 Å². The van der Waals surface area contributed by atoms with Gasteiger partial charge in [0.2, 0.25) is 0 Å². The second-order valence-electron chi connectivity index (χ2n) is 12.4. The van der Waals surface area contributed by atoms with Gasteiger partial charge >= 0.3 is 0 Å². The van der Waals surface area contributed by atoms with Gasteiger partial charge in [0.05, 0.1) is 6.10 Å². The van der Waals surface area contributed by atoms with E-state index in [1.54, 1.807) is 0 Å². The topological polar surface area (TPSA) is 12.5 Å². The summed E-state index contributed by atoms with van der Waals surface area (Å²) in [6, 6.07) is 44.5. The number of nitrogens with zero attached hydrogens (tertiary/aromatic N) is 1. The number of fused-ring (bicyclic) bond motifs is 3. The van der Waals surface area contributed by atoms with Crippen LogP contribution in [0.4, 0.5) is 0 Å². The third-order valence-corrected chi connectivity index (χ3v) is 10.1. The van der Waals surface area contributed by atoms with Crippen LogP contribution in [-0.2, 0) is 4.74 Å². The highest BCUT2D eigenvalue weighted by Gasteiger charge is 2.58. The maximum Gasteiger partial charge on any atom is 0.108 e. The van der Waals surface area contributed by atoms with Crippen molar-refractivity contribution in [3.05, 3.63) is 144 Å². The zero-order valence-electron chi connectivity index (χ0n) is 23.4. The normalized spacial score (nSPS) is 28.5. The summed E-state index contributed by atoms with van der Waals surface area (Å²) in [7, 11) is 0. The largest absolute Gasteiger partial charge is 0.365 e. The molecule has 3 atom stereocenters. The van der Waals surface area contributed by atoms with E-state index in [1.165, 1.54) is 67.4 Å². The predicted octanol–water partition coefficient (Wildman–Crippen LogP) is 8.77. The quantitative estimate of drug-likeness (QED) is 0.238. The molecule has 8 rings (SSSR count). The lowest BCUT2D eigenvalue weighted by Gasteiger charge is -2.62. The summed E-state index contributed by atoms with van der Waals surface area (Å²) in [5.41, 5.74) is 5.63. The van der Waals surface area contributed by atoms with Crippen LogP contribution in [0.5, 0.6) is 0 Å². The number of benzene rings is 4. The maximum absolute atomic E-state index is 7.49. The molecule has 4 aromatic rings. The minimum Gasteiger partial charge on any atom is -0.365 e. The highest BCUT2D eigenvalue weighted by Crippen LogP contribution is 2.61. The second-order valence-corrected chi connectivity index (χ2v) is 12.4. The fourth-order valence-electron chi connectivity index (χ4n) is 8.41. The third kappa shape index (κ3) is 4.93. The molecule has 1 heterocycles. The Labute approximate surface area is 240 Å². The molecule has 0 spiro atoms. The maximum atomic E-state index is 7.49. The fraction of sp³-hybridized carbons (Fsp3) is 0.368. The van der Waals surface area contributed by atoms with Gasteiger partial charge in [0.1, 0.15) is 6.10 Å². The van der Waals surface area contributed by atoms with Crippen molar-refractivity contribution in [3.8, 4) is 0 Å². The lowest BCUT2D eigenvalue weighted by molar-refractivity contribution is -0.147. The molecule has 40 heavy (non-hydrogen) atoms. The Morgan fingerprint density at radius 2 is 1.00 bits per heavy atom. The molecular weight excluding hydrogens is 486 g/mol. The van der Waals surface area contributed by atoms with E-state index in [9.17, 15) is 0 Å². The SMILES string of the molecule is c1ccc(C(O[C@@H]2CC3(N4CCCCC4)C[C@@H](c4ccccc4)C2[C@H](c2ccccc2)C3)c2ccccc2)cc1. The minimum absolute atomic E-state index is 0.0713. The van der Waals surface area contributed by atoms with Crippen LogP contribution in [0.15, 0.2) is 121 Å². The van der Waals surface area contributed by atoms with Gasteiger partial charge in [-0.05, 0) is 85.2 Å². The molecule has 0 unspecified atom stereocenters. The van der Waals surface area contributed by atoms with E-state index in [2.05, 4.69) is 126 Å². The molecule has 4 fully saturated rings. The van der Waals surface area contributed by atoms with Crippen LogP contribution in [0.2, 0.25) is 0 Å². The average Bonchev–Trinajstić information content (AvgIpc) is 3.05. The minimum atomic E-state index is -0.0713. The molecule has 3 aliphatic carbocycles. The highest BCUT2D eigenvalue weighted by atomic mass is 16.5. The van der Waals surface area contributed by atoms with Gasteiger partial charge in [-0.15, -0.1) is 0 Å². The Balaban J connectivity index is 1.35. The van der Waals surface area contributed by atoms with Gasteiger partial charge in [0, 0.05) is 5.54 Å². The van der Waals surface area contributed by atoms with Crippen molar-refractivity contribution in [2.75, 3.05) is 13.1 Å². The van der Waals surface area contributed by atoms with Crippen LogP contribution in [0, 0.1) is 5.92 Å². The zero-order valence-corrected chi connectivity index (χ0v) is 23.4. The van der Waals surface area contributed by atoms with Crippen molar-refractivity contribution in [2.45, 2.75) is 68.1 Å². The van der Waals surface area contributed by atoms with E-state index in [-0.39, 0.29) is 17.7 Å². The number of hydrogen-bond acceptors (Lipinski definition) is 2. The highest BCUT2D eigenvalue weighted by molar-refractivity contribution is 5.34. The molecule has 3 saturated carbocycles. The first kappa shape index (κ1) is 25.7.